The van der Waals surface area contributed by atoms with Gasteiger partial charge >= 0.3 is 0 Å². The Kier molecular flexibility index (Phi) is 7.07. The molecule has 38 heavy (non-hydrogen) atoms. The summed E-state index contributed by atoms with van der Waals surface area (Å²) in [6.45, 7) is 3.98. The van der Waals surface area contributed by atoms with Crippen molar-refractivity contribution in [2.75, 3.05) is 14.2 Å². The molecule has 3 aromatic carbocycles. The van der Waals surface area contributed by atoms with Gasteiger partial charge in [0.2, 0.25) is 5.82 Å². The number of hydrogen-bond acceptors (Lipinski definition) is 7. The maximum atomic E-state index is 13.6. The summed E-state index contributed by atoms with van der Waals surface area (Å²) in [4.78, 5) is 18.3. The van der Waals surface area contributed by atoms with Crippen molar-refractivity contribution in [3.05, 3.63) is 81.6 Å². The molecule has 2 heterocycles. The summed E-state index contributed by atoms with van der Waals surface area (Å²) in [5.74, 6) is 2.20. The van der Waals surface area contributed by atoms with Crippen molar-refractivity contribution in [2.24, 2.45) is 5.10 Å². The fourth-order valence-electron chi connectivity index (χ4n) is 4.05. The molecule has 8 nitrogen and oxygen atoms in total. The van der Waals surface area contributed by atoms with Crippen LogP contribution in [0.4, 0.5) is 0 Å². The van der Waals surface area contributed by atoms with Gasteiger partial charge in [-0.2, -0.15) is 9.78 Å². The van der Waals surface area contributed by atoms with Crippen LogP contribution >= 0.6 is 11.6 Å². The normalized spacial score (nSPS) is 12.3. The van der Waals surface area contributed by atoms with Gasteiger partial charge < -0.3 is 18.6 Å². The maximum Gasteiger partial charge on any atom is 0.282 e. The summed E-state index contributed by atoms with van der Waals surface area (Å²) in [7, 11) is 3.14. The fourth-order valence-corrected chi connectivity index (χ4v) is 4.31. The Morgan fingerprint density at radius 3 is 2.61 bits per heavy atom. The molecule has 0 spiro atoms. The Labute approximate surface area is 224 Å². The lowest BCUT2D eigenvalue weighted by molar-refractivity contribution is 0.208. The minimum absolute atomic E-state index is 0.0341. The summed E-state index contributed by atoms with van der Waals surface area (Å²) >= 11 is 6.53. The second-order valence-corrected chi connectivity index (χ2v) is 9.07. The van der Waals surface area contributed by atoms with Crippen molar-refractivity contribution in [1.82, 2.24) is 9.66 Å². The van der Waals surface area contributed by atoms with E-state index in [0.717, 1.165) is 11.8 Å². The predicted octanol–water partition coefficient (Wildman–Crippen LogP) is 6.54. The molecule has 5 rings (SSSR count). The zero-order valence-corrected chi connectivity index (χ0v) is 22.2. The number of hydrogen-bond donors (Lipinski definition) is 0. The van der Waals surface area contributed by atoms with E-state index in [2.05, 4.69) is 5.10 Å². The van der Waals surface area contributed by atoms with Crippen LogP contribution in [-0.4, -0.2) is 36.2 Å². The number of rotatable bonds is 8. The molecule has 0 saturated heterocycles. The smallest absolute Gasteiger partial charge is 0.282 e. The summed E-state index contributed by atoms with van der Waals surface area (Å²) in [6.07, 6.45) is 2.30. The molecule has 9 heteroatoms. The molecule has 0 radical (unpaired) electrons. The lowest BCUT2D eigenvalue weighted by Gasteiger charge is -2.17. The summed E-state index contributed by atoms with van der Waals surface area (Å²) in [6, 6.07) is 17.8. The van der Waals surface area contributed by atoms with Crippen LogP contribution in [0.3, 0.4) is 0 Å². The molecule has 0 unspecified atom stereocenters. The third kappa shape index (κ3) is 4.70. The Hall–Kier alpha value is -4.30. The Morgan fingerprint density at radius 1 is 1.05 bits per heavy atom. The molecule has 1 atom stereocenters. The highest BCUT2D eigenvalue weighted by atomic mass is 35.5. The van der Waals surface area contributed by atoms with Gasteiger partial charge in [-0.15, -0.1) is 0 Å². The van der Waals surface area contributed by atoms with Gasteiger partial charge in [-0.05, 0) is 61.4 Å². The van der Waals surface area contributed by atoms with E-state index in [1.54, 1.807) is 50.6 Å². The van der Waals surface area contributed by atoms with E-state index in [-0.39, 0.29) is 17.5 Å². The molecular formula is C29H26ClN3O5. The number of halogens is 1. The zero-order valence-electron chi connectivity index (χ0n) is 21.4. The SMILES string of the molecule is CC[C@@H](C)Oc1c(Cl)cc(C=Nn2c(-c3cc4c(OC)cccc4o3)nc3ccccc3c2=O)cc1OC. The highest BCUT2D eigenvalue weighted by Crippen LogP contribution is 2.37. The van der Waals surface area contributed by atoms with Crippen LogP contribution < -0.4 is 19.8 Å². The third-order valence-corrected chi connectivity index (χ3v) is 6.46. The van der Waals surface area contributed by atoms with Crippen molar-refractivity contribution >= 4 is 39.7 Å². The van der Waals surface area contributed by atoms with Gasteiger partial charge in [0.1, 0.15) is 11.3 Å². The van der Waals surface area contributed by atoms with Gasteiger partial charge in [-0.1, -0.05) is 36.7 Å². The first-order valence-electron chi connectivity index (χ1n) is 12.1. The van der Waals surface area contributed by atoms with E-state index >= 15 is 0 Å². The largest absolute Gasteiger partial charge is 0.496 e. The minimum atomic E-state index is -0.343. The number of methoxy groups -OCH3 is 2. The van der Waals surface area contributed by atoms with E-state index in [4.69, 9.17) is 35.2 Å². The average molecular weight is 532 g/mol. The van der Waals surface area contributed by atoms with Crippen molar-refractivity contribution in [1.29, 1.82) is 0 Å². The van der Waals surface area contributed by atoms with Gasteiger partial charge in [0.05, 0.1) is 47.8 Å². The van der Waals surface area contributed by atoms with Crippen LogP contribution in [-0.2, 0) is 0 Å². The quantitative estimate of drug-likeness (QED) is 0.211. The molecule has 5 aromatic rings. The molecule has 0 amide bonds. The maximum absolute atomic E-state index is 13.6. The highest BCUT2D eigenvalue weighted by molar-refractivity contribution is 6.32. The number of para-hydroxylation sites is 1. The van der Waals surface area contributed by atoms with E-state index in [1.807, 2.05) is 38.1 Å². The second-order valence-electron chi connectivity index (χ2n) is 8.67. The summed E-state index contributed by atoms with van der Waals surface area (Å²) in [5, 5.41) is 6.07. The molecule has 0 saturated carbocycles. The van der Waals surface area contributed by atoms with Crippen molar-refractivity contribution in [3.63, 3.8) is 0 Å². The molecule has 0 aliphatic carbocycles. The highest BCUT2D eigenvalue weighted by Gasteiger charge is 2.18. The summed E-state index contributed by atoms with van der Waals surface area (Å²) in [5.41, 5.74) is 1.40. The lowest BCUT2D eigenvalue weighted by Crippen LogP contribution is -2.20. The molecule has 2 aromatic heterocycles. The fraction of sp³-hybridized carbons (Fsp3) is 0.207. The molecule has 194 valence electrons. The number of aromatic nitrogens is 2. The Balaban J connectivity index is 1.65. The van der Waals surface area contributed by atoms with Crippen molar-refractivity contribution < 1.29 is 18.6 Å². The monoisotopic (exact) mass is 531 g/mol. The van der Waals surface area contributed by atoms with Gasteiger partial charge in [-0.3, -0.25) is 4.79 Å². The number of ether oxygens (including phenoxy) is 3. The van der Waals surface area contributed by atoms with Crippen LogP contribution in [0.2, 0.25) is 5.02 Å². The lowest BCUT2D eigenvalue weighted by atomic mass is 10.2. The van der Waals surface area contributed by atoms with Gasteiger partial charge in [0.15, 0.2) is 17.3 Å². The number of nitrogens with zero attached hydrogens (tertiary/aromatic N) is 3. The second kappa shape index (κ2) is 10.6. The molecule has 0 bridgehead atoms. The first-order chi connectivity index (χ1) is 18.4. The standard InChI is InChI=1S/C29H26ClN3O5/c1-5-17(2)37-27-21(30)13-18(14-25(27)36-4)16-31-33-28(32-22-10-7-6-9-19(22)29(33)34)26-15-20-23(35-3)11-8-12-24(20)38-26/h6-17H,5H2,1-4H3/t17-/m1/s1. The molecule has 0 aliphatic heterocycles. The zero-order chi connectivity index (χ0) is 26.8. The van der Waals surface area contributed by atoms with E-state index < -0.39 is 0 Å². The topological polar surface area (TPSA) is 88.1 Å². The first kappa shape index (κ1) is 25.4. The first-order valence-corrected chi connectivity index (χ1v) is 12.5. The van der Waals surface area contributed by atoms with Crippen LogP contribution in [0, 0.1) is 0 Å². The van der Waals surface area contributed by atoms with Gasteiger partial charge in [0, 0.05) is 0 Å². The minimum Gasteiger partial charge on any atom is -0.496 e. The molecule has 0 fully saturated rings. The molecular weight excluding hydrogens is 506 g/mol. The van der Waals surface area contributed by atoms with Crippen LogP contribution in [0.5, 0.6) is 17.2 Å². The van der Waals surface area contributed by atoms with Crippen molar-refractivity contribution in [2.45, 2.75) is 26.4 Å². The number of fused-ring (bicyclic) bond motifs is 2. The van der Waals surface area contributed by atoms with Gasteiger partial charge in [0.25, 0.3) is 5.56 Å². The third-order valence-electron chi connectivity index (χ3n) is 6.18. The van der Waals surface area contributed by atoms with Crippen LogP contribution in [0.15, 0.2) is 75.0 Å². The predicted molar refractivity (Wildman–Crippen MR) is 149 cm³/mol. The van der Waals surface area contributed by atoms with Crippen molar-refractivity contribution in [3.8, 4) is 28.8 Å². The van der Waals surface area contributed by atoms with Gasteiger partial charge in [-0.25, -0.2) is 4.98 Å². The van der Waals surface area contributed by atoms with Crippen LogP contribution in [0.25, 0.3) is 33.5 Å². The molecule has 0 aliphatic rings. The van der Waals surface area contributed by atoms with E-state index in [0.29, 0.717) is 50.1 Å². The van der Waals surface area contributed by atoms with Crippen LogP contribution in [0.1, 0.15) is 25.8 Å². The molecule has 0 N–H and O–H groups in total. The summed E-state index contributed by atoms with van der Waals surface area (Å²) < 4.78 is 24.2. The average Bonchev–Trinajstić information content (AvgIpc) is 3.38. The Bertz CT molecular complexity index is 1720. The van der Waals surface area contributed by atoms with E-state index in [9.17, 15) is 4.79 Å². The number of benzene rings is 3. The van der Waals surface area contributed by atoms with E-state index in [1.165, 1.54) is 10.9 Å². The number of furan rings is 1. The Morgan fingerprint density at radius 2 is 1.84 bits per heavy atom.